The highest BCUT2D eigenvalue weighted by atomic mass is 127. The van der Waals surface area contributed by atoms with Gasteiger partial charge in [0.15, 0.2) is 11.6 Å². The summed E-state index contributed by atoms with van der Waals surface area (Å²) >= 11 is 1.90. The van der Waals surface area contributed by atoms with Gasteiger partial charge in [-0.3, -0.25) is 9.59 Å². The van der Waals surface area contributed by atoms with E-state index < -0.39 is 5.41 Å². The van der Waals surface area contributed by atoms with E-state index >= 15 is 0 Å². The van der Waals surface area contributed by atoms with E-state index in [9.17, 15) is 14.4 Å². The number of carbonyl (C=O) groups excluding carboxylic acids is 3. The molecule has 0 aromatic rings. The molecule has 92 valence electrons. The fourth-order valence-corrected chi connectivity index (χ4v) is 2.58. The summed E-state index contributed by atoms with van der Waals surface area (Å²) < 4.78 is 0.465. The minimum atomic E-state index is -0.588. The first-order valence-electron chi connectivity index (χ1n) is 5.34. The number of ketones is 2. The van der Waals surface area contributed by atoms with Gasteiger partial charge in [0, 0.05) is 28.6 Å². The number of Topliss-reactive ketones (excluding diaryl/α,β-unsaturated/α-hetero) is 2. The van der Waals surface area contributed by atoms with Crippen LogP contribution in [0.4, 0.5) is 0 Å². The van der Waals surface area contributed by atoms with Crippen LogP contribution in [0.5, 0.6) is 0 Å². The van der Waals surface area contributed by atoms with Gasteiger partial charge in [0.25, 0.3) is 0 Å². The monoisotopic (exact) mass is 346 g/mol. The van der Waals surface area contributed by atoms with Gasteiger partial charge in [0.05, 0.1) is 3.58 Å². The average Bonchev–Trinajstić information content (AvgIpc) is 2.23. The summed E-state index contributed by atoms with van der Waals surface area (Å²) in [4.78, 5) is 34.9. The minimum Gasteiger partial charge on any atom is -0.303 e. The van der Waals surface area contributed by atoms with Crippen molar-refractivity contribution in [1.29, 1.82) is 0 Å². The smallest absolute Gasteiger partial charge is 0.196 e. The molecule has 0 heterocycles. The van der Waals surface area contributed by atoms with Crippen LogP contribution < -0.4 is 0 Å². The maximum atomic E-state index is 12.2. The van der Waals surface area contributed by atoms with Crippen LogP contribution in [0.15, 0.2) is 20.3 Å². The topological polar surface area (TPSA) is 51.2 Å². The highest BCUT2D eigenvalue weighted by Crippen LogP contribution is 2.39. The van der Waals surface area contributed by atoms with Crippen LogP contribution >= 0.6 is 22.6 Å². The van der Waals surface area contributed by atoms with Crippen molar-refractivity contribution >= 4 is 40.4 Å². The normalized spacial score (nSPS) is 17.9. The first-order valence-corrected chi connectivity index (χ1v) is 6.42. The van der Waals surface area contributed by atoms with E-state index in [-0.39, 0.29) is 18.0 Å². The number of aldehydes is 1. The van der Waals surface area contributed by atoms with Crippen LogP contribution in [0.25, 0.3) is 0 Å². The van der Waals surface area contributed by atoms with Crippen LogP contribution in [0.1, 0.15) is 34.1 Å². The molecule has 0 fully saturated rings. The Morgan fingerprint density at radius 3 is 2.12 bits per heavy atom. The van der Waals surface area contributed by atoms with Gasteiger partial charge in [-0.05, 0) is 36.4 Å². The molecule has 1 aliphatic rings. The zero-order valence-corrected chi connectivity index (χ0v) is 12.5. The maximum Gasteiger partial charge on any atom is 0.196 e. The van der Waals surface area contributed by atoms with Gasteiger partial charge in [-0.25, -0.2) is 0 Å². The van der Waals surface area contributed by atoms with Gasteiger partial charge in [0.1, 0.15) is 6.29 Å². The van der Waals surface area contributed by atoms with Gasteiger partial charge in [-0.2, -0.15) is 0 Å². The molecule has 17 heavy (non-hydrogen) atoms. The van der Waals surface area contributed by atoms with Gasteiger partial charge >= 0.3 is 0 Å². The zero-order valence-electron chi connectivity index (χ0n) is 10.4. The summed E-state index contributed by atoms with van der Waals surface area (Å²) in [6.07, 6.45) is 1.03. The highest BCUT2D eigenvalue weighted by molar-refractivity contribution is 14.1. The number of hydrogen-bond acceptors (Lipinski definition) is 3. The van der Waals surface area contributed by atoms with E-state index in [0.29, 0.717) is 20.3 Å². The molecule has 3 nitrogen and oxygen atoms in total. The molecule has 0 bridgehead atoms. The Bertz CT molecular complexity index is 467. The largest absolute Gasteiger partial charge is 0.303 e. The van der Waals surface area contributed by atoms with Gasteiger partial charge in [0.2, 0.25) is 0 Å². The molecule has 0 aromatic carbocycles. The molecule has 0 aliphatic heterocycles. The lowest BCUT2D eigenvalue weighted by molar-refractivity contribution is -0.117. The third-order valence-corrected chi connectivity index (χ3v) is 4.38. The Morgan fingerprint density at radius 1 is 1.12 bits per heavy atom. The fraction of sp³-hybridized carbons (Fsp3) is 0.462. The fourth-order valence-electron chi connectivity index (χ4n) is 2.07. The molecule has 0 saturated carbocycles. The summed E-state index contributed by atoms with van der Waals surface area (Å²) in [6.45, 7) is 6.95. The molecule has 0 N–H and O–H groups in total. The number of hydrogen-bond donors (Lipinski definition) is 0. The number of rotatable bonds is 3. The molecule has 0 radical (unpaired) electrons. The van der Waals surface area contributed by atoms with E-state index in [4.69, 9.17) is 0 Å². The first-order chi connectivity index (χ1) is 7.74. The molecular weight excluding hydrogens is 331 g/mol. The van der Waals surface area contributed by atoms with Gasteiger partial charge < -0.3 is 4.79 Å². The highest BCUT2D eigenvalue weighted by Gasteiger charge is 2.37. The zero-order chi connectivity index (χ0) is 13.4. The second kappa shape index (κ2) is 4.84. The van der Waals surface area contributed by atoms with E-state index in [1.165, 1.54) is 0 Å². The predicted octanol–water partition coefficient (Wildman–Crippen LogP) is 2.78. The van der Waals surface area contributed by atoms with Crippen molar-refractivity contribution < 1.29 is 14.4 Å². The van der Waals surface area contributed by atoms with E-state index in [2.05, 4.69) is 0 Å². The lowest BCUT2D eigenvalue weighted by Crippen LogP contribution is -2.29. The summed E-state index contributed by atoms with van der Waals surface area (Å²) in [5.41, 5.74) is 0.860. The summed E-state index contributed by atoms with van der Waals surface area (Å²) in [6, 6.07) is 0. The molecule has 0 aromatic heterocycles. The molecule has 1 aliphatic carbocycles. The van der Waals surface area contributed by atoms with Crippen LogP contribution in [0.3, 0.4) is 0 Å². The Morgan fingerprint density at radius 2 is 1.65 bits per heavy atom. The van der Waals surface area contributed by atoms with Crippen molar-refractivity contribution in [2.24, 2.45) is 5.41 Å². The molecule has 0 unspecified atom stereocenters. The Labute approximate surface area is 114 Å². The molecule has 0 saturated heterocycles. The van der Waals surface area contributed by atoms with E-state index in [0.717, 1.165) is 6.29 Å². The summed E-state index contributed by atoms with van der Waals surface area (Å²) in [7, 11) is 0. The minimum absolute atomic E-state index is 0.0945. The molecule has 4 heteroatoms. The number of halogens is 1. The molecule has 0 amide bonds. The summed E-state index contributed by atoms with van der Waals surface area (Å²) in [5, 5.41) is 0. The third kappa shape index (κ3) is 2.41. The SMILES string of the molecule is CC1=C(I)C(=O)C(C(C)(C)CC=O)=C(C)C1=O. The van der Waals surface area contributed by atoms with Crippen molar-refractivity contribution in [3.63, 3.8) is 0 Å². The number of allylic oxidation sites excluding steroid dienone is 4. The molecule has 0 atom stereocenters. The Kier molecular flexibility index (Phi) is 4.06. The summed E-state index contributed by atoms with van der Waals surface area (Å²) in [5.74, 6) is -0.213. The second-order valence-corrected chi connectivity index (χ2v) is 5.93. The van der Waals surface area contributed by atoms with Crippen molar-refractivity contribution in [2.45, 2.75) is 34.1 Å². The molecule has 1 rings (SSSR count). The molecule has 0 spiro atoms. The Balaban J connectivity index is 3.38. The lowest BCUT2D eigenvalue weighted by atomic mass is 9.73. The van der Waals surface area contributed by atoms with Crippen molar-refractivity contribution in [3.05, 3.63) is 20.3 Å². The van der Waals surface area contributed by atoms with Crippen LogP contribution in [-0.4, -0.2) is 17.9 Å². The van der Waals surface area contributed by atoms with Crippen molar-refractivity contribution in [3.8, 4) is 0 Å². The first kappa shape index (κ1) is 14.3. The van der Waals surface area contributed by atoms with Crippen LogP contribution in [0, 0.1) is 5.41 Å². The lowest BCUT2D eigenvalue weighted by Gasteiger charge is -2.29. The second-order valence-electron chi connectivity index (χ2n) is 4.85. The molecular formula is C13H15IO3. The average molecular weight is 346 g/mol. The van der Waals surface area contributed by atoms with Crippen LogP contribution in [0.2, 0.25) is 0 Å². The van der Waals surface area contributed by atoms with E-state index in [1.54, 1.807) is 13.8 Å². The van der Waals surface area contributed by atoms with Crippen LogP contribution in [-0.2, 0) is 14.4 Å². The number of carbonyl (C=O) groups is 3. The standard InChI is InChI=1S/C13H15IO3/c1-7-9(13(3,4)5-6-15)12(17)10(14)8(2)11(7)16/h6H,5H2,1-4H3. The third-order valence-electron chi connectivity index (χ3n) is 3.08. The van der Waals surface area contributed by atoms with E-state index in [1.807, 2.05) is 36.4 Å². The van der Waals surface area contributed by atoms with Gasteiger partial charge in [-0.1, -0.05) is 13.8 Å². The Hall–Kier alpha value is -0.780. The maximum absolute atomic E-state index is 12.2. The van der Waals surface area contributed by atoms with Gasteiger partial charge in [-0.15, -0.1) is 0 Å². The van der Waals surface area contributed by atoms with Crippen molar-refractivity contribution in [2.75, 3.05) is 0 Å². The predicted molar refractivity (Wildman–Crippen MR) is 73.9 cm³/mol. The van der Waals surface area contributed by atoms with Crippen molar-refractivity contribution in [1.82, 2.24) is 0 Å². The quantitative estimate of drug-likeness (QED) is 0.449.